The number of amides is 1. The molecule has 1 aromatic rings. The number of carbonyl (C=O) groups excluding carboxylic acids is 1. The number of oxime groups is 1. The van der Waals surface area contributed by atoms with Crippen LogP contribution in [0.4, 0.5) is 13.2 Å². The van der Waals surface area contributed by atoms with Crippen molar-refractivity contribution in [3.05, 3.63) is 29.8 Å². The number of ether oxygens (including phenoxy) is 1. The van der Waals surface area contributed by atoms with Crippen molar-refractivity contribution in [1.29, 1.82) is 0 Å². The van der Waals surface area contributed by atoms with Gasteiger partial charge in [-0.3, -0.25) is 4.79 Å². The van der Waals surface area contributed by atoms with Crippen LogP contribution in [0.2, 0.25) is 0 Å². The summed E-state index contributed by atoms with van der Waals surface area (Å²) in [6, 6.07) is 7.72. The Morgan fingerprint density at radius 1 is 1.26 bits per heavy atom. The van der Waals surface area contributed by atoms with Crippen molar-refractivity contribution in [2.75, 3.05) is 20.2 Å². The molecular formula is C19H25F3N2O3. The summed E-state index contributed by atoms with van der Waals surface area (Å²) in [6.07, 6.45) is -3.45. The molecule has 1 fully saturated rings. The Bertz CT molecular complexity index is 624. The Hall–Kier alpha value is -2.25. The first-order valence-electron chi connectivity index (χ1n) is 8.89. The fourth-order valence-corrected chi connectivity index (χ4v) is 3.26. The lowest BCUT2D eigenvalue weighted by Crippen LogP contribution is -2.47. The minimum absolute atomic E-state index is 0.356. The maximum Gasteiger partial charge on any atom is 0.389 e. The topological polar surface area (TPSA) is 51.1 Å². The zero-order valence-corrected chi connectivity index (χ0v) is 15.4. The molecule has 1 saturated heterocycles. The standard InChI is InChI=1S/C19H25F3N2O3/c1-23-27-18(9-7-15-3-5-16(26-2)6-4-15)11-13-24(14-12-18)17(25)8-10-19(20,21)22/h3-6H,1,7-14H2,2H3. The highest BCUT2D eigenvalue weighted by Gasteiger charge is 2.38. The van der Waals surface area contributed by atoms with Crippen LogP contribution in [-0.4, -0.2) is 49.5 Å². The maximum absolute atomic E-state index is 12.3. The Labute approximate surface area is 157 Å². The molecule has 27 heavy (non-hydrogen) atoms. The van der Waals surface area contributed by atoms with Crippen molar-refractivity contribution >= 4 is 12.6 Å². The molecule has 8 heteroatoms. The van der Waals surface area contributed by atoms with E-state index in [4.69, 9.17) is 9.57 Å². The van der Waals surface area contributed by atoms with Crippen LogP contribution in [0.25, 0.3) is 0 Å². The monoisotopic (exact) mass is 386 g/mol. The second-order valence-corrected chi connectivity index (χ2v) is 6.75. The van der Waals surface area contributed by atoms with Crippen LogP contribution >= 0.6 is 0 Å². The molecule has 0 radical (unpaired) electrons. The zero-order chi connectivity index (χ0) is 19.9. The van der Waals surface area contributed by atoms with Gasteiger partial charge in [-0.2, -0.15) is 13.2 Å². The number of rotatable bonds is 8. The number of piperidine rings is 1. The molecule has 0 spiro atoms. The summed E-state index contributed by atoms with van der Waals surface area (Å²) in [7, 11) is 1.61. The van der Waals surface area contributed by atoms with Gasteiger partial charge in [0.2, 0.25) is 5.91 Å². The lowest BCUT2D eigenvalue weighted by Gasteiger charge is -2.40. The van der Waals surface area contributed by atoms with Gasteiger partial charge in [-0.1, -0.05) is 12.1 Å². The Morgan fingerprint density at radius 3 is 2.41 bits per heavy atom. The molecule has 0 unspecified atom stereocenters. The summed E-state index contributed by atoms with van der Waals surface area (Å²) < 4.78 is 42.0. The van der Waals surface area contributed by atoms with Crippen molar-refractivity contribution in [2.45, 2.75) is 50.3 Å². The van der Waals surface area contributed by atoms with Crippen molar-refractivity contribution < 1.29 is 27.5 Å². The number of benzene rings is 1. The van der Waals surface area contributed by atoms with Gasteiger partial charge in [-0.05, 0) is 30.5 Å². The number of nitrogens with zero attached hydrogens (tertiary/aromatic N) is 2. The molecule has 1 heterocycles. The van der Waals surface area contributed by atoms with E-state index < -0.39 is 30.5 Å². The smallest absolute Gasteiger partial charge is 0.389 e. The molecule has 0 aromatic heterocycles. The molecule has 150 valence electrons. The summed E-state index contributed by atoms with van der Waals surface area (Å²) in [5, 5.41) is 3.59. The Balaban J connectivity index is 1.89. The minimum atomic E-state index is -4.32. The van der Waals surface area contributed by atoms with Gasteiger partial charge >= 0.3 is 6.18 Å². The van der Waals surface area contributed by atoms with E-state index in [2.05, 4.69) is 11.9 Å². The molecule has 1 aromatic carbocycles. The van der Waals surface area contributed by atoms with Crippen LogP contribution in [0.1, 0.15) is 37.7 Å². The third-order valence-electron chi connectivity index (χ3n) is 4.94. The van der Waals surface area contributed by atoms with Crippen LogP contribution < -0.4 is 4.74 Å². The fraction of sp³-hybridized carbons (Fsp3) is 0.579. The van der Waals surface area contributed by atoms with E-state index in [1.54, 1.807) is 7.11 Å². The molecule has 0 N–H and O–H groups in total. The lowest BCUT2D eigenvalue weighted by molar-refractivity contribution is -0.153. The van der Waals surface area contributed by atoms with Crippen molar-refractivity contribution in [3.63, 3.8) is 0 Å². The van der Waals surface area contributed by atoms with Crippen molar-refractivity contribution in [2.24, 2.45) is 5.16 Å². The quantitative estimate of drug-likeness (QED) is 0.502. The van der Waals surface area contributed by atoms with Crippen LogP contribution in [0.5, 0.6) is 5.75 Å². The first-order chi connectivity index (χ1) is 12.8. The lowest BCUT2D eigenvalue weighted by atomic mass is 9.85. The third kappa shape index (κ3) is 6.45. The predicted octanol–water partition coefficient (Wildman–Crippen LogP) is 3.96. The van der Waals surface area contributed by atoms with E-state index >= 15 is 0 Å². The average molecular weight is 386 g/mol. The maximum atomic E-state index is 12.3. The normalized spacial score (nSPS) is 16.7. The minimum Gasteiger partial charge on any atom is -0.497 e. The summed E-state index contributed by atoms with van der Waals surface area (Å²) in [4.78, 5) is 19.0. The molecule has 5 nitrogen and oxygen atoms in total. The van der Waals surface area contributed by atoms with Gasteiger partial charge in [0.05, 0.1) is 13.5 Å². The first-order valence-corrected chi connectivity index (χ1v) is 8.89. The predicted molar refractivity (Wildman–Crippen MR) is 95.8 cm³/mol. The molecule has 0 saturated carbocycles. The van der Waals surface area contributed by atoms with Crippen molar-refractivity contribution in [3.8, 4) is 5.75 Å². The van der Waals surface area contributed by atoms with E-state index in [9.17, 15) is 18.0 Å². The Morgan fingerprint density at radius 2 is 1.89 bits per heavy atom. The summed E-state index contributed by atoms with van der Waals surface area (Å²) in [5.74, 6) is 0.311. The average Bonchev–Trinajstić information content (AvgIpc) is 2.65. The van der Waals surface area contributed by atoms with Gasteiger partial charge in [-0.15, -0.1) is 5.16 Å². The van der Waals surface area contributed by atoms with Gasteiger partial charge in [-0.25, -0.2) is 0 Å². The molecule has 0 atom stereocenters. The van der Waals surface area contributed by atoms with E-state index in [1.807, 2.05) is 24.3 Å². The number of hydrogen-bond donors (Lipinski definition) is 0. The van der Waals surface area contributed by atoms with Crippen LogP contribution in [0.3, 0.4) is 0 Å². The molecule has 0 bridgehead atoms. The molecule has 1 aliphatic heterocycles. The molecule has 1 amide bonds. The molecule has 2 rings (SSSR count). The number of likely N-dealkylation sites (tertiary alicyclic amines) is 1. The van der Waals surface area contributed by atoms with Gasteiger partial charge in [0.25, 0.3) is 0 Å². The van der Waals surface area contributed by atoms with Gasteiger partial charge in [0, 0.05) is 39.1 Å². The van der Waals surface area contributed by atoms with E-state index in [0.717, 1.165) is 17.7 Å². The summed E-state index contributed by atoms with van der Waals surface area (Å²) >= 11 is 0. The zero-order valence-electron chi connectivity index (χ0n) is 15.4. The number of methoxy groups -OCH3 is 1. The number of hydrogen-bond acceptors (Lipinski definition) is 4. The van der Waals surface area contributed by atoms with E-state index in [-0.39, 0.29) is 0 Å². The van der Waals surface area contributed by atoms with Gasteiger partial charge in [0.1, 0.15) is 11.4 Å². The molecular weight excluding hydrogens is 361 g/mol. The largest absolute Gasteiger partial charge is 0.497 e. The Kier molecular flexibility index (Phi) is 7.10. The second kappa shape index (κ2) is 9.10. The molecule has 1 aliphatic rings. The van der Waals surface area contributed by atoms with Crippen molar-refractivity contribution in [1.82, 2.24) is 4.90 Å². The number of carbonyl (C=O) groups is 1. The van der Waals surface area contributed by atoms with Gasteiger partial charge in [0.15, 0.2) is 0 Å². The highest BCUT2D eigenvalue weighted by Crippen LogP contribution is 2.32. The van der Waals surface area contributed by atoms with Gasteiger partial charge < -0.3 is 14.5 Å². The summed E-state index contributed by atoms with van der Waals surface area (Å²) in [6.45, 7) is 4.11. The fourth-order valence-electron chi connectivity index (χ4n) is 3.26. The van der Waals surface area contributed by atoms with E-state index in [0.29, 0.717) is 32.4 Å². The second-order valence-electron chi connectivity index (χ2n) is 6.75. The molecule has 0 aliphatic carbocycles. The highest BCUT2D eigenvalue weighted by molar-refractivity contribution is 5.76. The summed E-state index contributed by atoms with van der Waals surface area (Å²) in [5.41, 5.74) is 0.564. The van der Waals surface area contributed by atoms with Crippen LogP contribution in [-0.2, 0) is 16.1 Å². The third-order valence-corrected chi connectivity index (χ3v) is 4.94. The highest BCUT2D eigenvalue weighted by atomic mass is 19.4. The number of halogens is 3. The number of aryl methyl sites for hydroxylation is 1. The van der Waals surface area contributed by atoms with Crippen LogP contribution in [0, 0.1) is 0 Å². The SMILES string of the molecule is C=NOC1(CCc2ccc(OC)cc2)CCN(C(=O)CCC(F)(F)F)CC1. The van der Waals surface area contributed by atoms with E-state index in [1.165, 1.54) is 4.90 Å². The van der Waals surface area contributed by atoms with Crippen LogP contribution in [0.15, 0.2) is 29.4 Å². The number of alkyl halides is 3. The first kappa shape index (κ1) is 21.1.